The Morgan fingerprint density at radius 3 is 2.00 bits per heavy atom. The van der Waals surface area contributed by atoms with Crippen molar-refractivity contribution in [2.75, 3.05) is 13.2 Å². The maximum Gasteiger partial charge on any atom is 0.303 e. The molecular weight excluding hydrogens is 584 g/mol. The lowest BCUT2D eigenvalue weighted by Gasteiger charge is -2.44. The first-order chi connectivity index (χ1) is 20.3. The molecule has 0 amide bonds. The smallest absolute Gasteiger partial charge is 0.303 e. The van der Waals surface area contributed by atoms with Crippen molar-refractivity contribution in [1.29, 1.82) is 0 Å². The Morgan fingerprint density at radius 1 is 0.791 bits per heavy atom. The summed E-state index contributed by atoms with van der Waals surface area (Å²) in [5.74, 6) is -2.41. The van der Waals surface area contributed by atoms with E-state index in [1.807, 2.05) is 13.0 Å². The molecule has 1 heterocycles. The van der Waals surface area contributed by atoms with Gasteiger partial charge in [0, 0.05) is 32.7 Å². The number of ether oxygens (including phenoxy) is 6. The number of benzene rings is 2. The van der Waals surface area contributed by atoms with Crippen molar-refractivity contribution in [1.82, 2.24) is 0 Å². The van der Waals surface area contributed by atoms with Crippen LogP contribution < -0.4 is 4.74 Å². The molecule has 0 aliphatic carbocycles. The minimum Gasteiger partial charge on any atom is -0.493 e. The maximum atomic E-state index is 12.3. The van der Waals surface area contributed by atoms with Gasteiger partial charge in [-0.3, -0.25) is 24.0 Å². The molecule has 11 nitrogen and oxygen atoms in total. The highest BCUT2D eigenvalue weighted by Gasteiger charge is 2.52. The van der Waals surface area contributed by atoms with Crippen LogP contribution in [0.25, 0.3) is 0 Å². The van der Waals surface area contributed by atoms with Crippen LogP contribution in [-0.2, 0) is 49.3 Å². The zero-order valence-electron chi connectivity index (χ0n) is 24.8. The number of esters is 4. The minimum absolute atomic E-state index is 0.150. The molecule has 0 aromatic heterocycles. The molecule has 0 unspecified atom stereocenters. The summed E-state index contributed by atoms with van der Waals surface area (Å²) in [7, 11) is 0. The van der Waals surface area contributed by atoms with E-state index in [1.54, 1.807) is 30.3 Å². The van der Waals surface area contributed by atoms with Crippen molar-refractivity contribution in [2.45, 2.75) is 78.5 Å². The van der Waals surface area contributed by atoms with Gasteiger partial charge in [0.15, 0.2) is 24.1 Å². The Kier molecular flexibility index (Phi) is 11.7. The fraction of sp³-hybridized carbons (Fsp3) is 0.452. The number of carbonyl (C=O) groups excluding carboxylic acids is 5. The molecule has 2 aromatic rings. The van der Waals surface area contributed by atoms with E-state index in [1.165, 1.54) is 20.8 Å². The van der Waals surface area contributed by atoms with E-state index in [0.29, 0.717) is 40.5 Å². The lowest BCUT2D eigenvalue weighted by molar-refractivity contribution is -0.254. The molecule has 2 aromatic carbocycles. The Bertz CT molecular complexity index is 1370. The first kappa shape index (κ1) is 33.5. The predicted octanol–water partition coefficient (Wildman–Crippen LogP) is 4.33. The van der Waals surface area contributed by atoms with Gasteiger partial charge in [-0.15, -0.1) is 0 Å². The summed E-state index contributed by atoms with van der Waals surface area (Å²) in [6.07, 6.45) is -5.62. The average molecular weight is 619 g/mol. The average Bonchev–Trinajstić information content (AvgIpc) is 2.91. The first-order valence-corrected chi connectivity index (χ1v) is 14.0. The summed E-state index contributed by atoms with van der Waals surface area (Å²) in [5, 5.41) is 0.424. The van der Waals surface area contributed by atoms with Crippen molar-refractivity contribution in [3.05, 3.63) is 63.7 Å². The van der Waals surface area contributed by atoms with Gasteiger partial charge in [-0.1, -0.05) is 29.8 Å². The third kappa shape index (κ3) is 9.01. The van der Waals surface area contributed by atoms with Crippen LogP contribution in [0, 0.1) is 0 Å². The third-order valence-corrected chi connectivity index (χ3v) is 6.88. The van der Waals surface area contributed by atoms with Crippen molar-refractivity contribution in [2.24, 2.45) is 0 Å². The molecule has 5 atom stereocenters. The van der Waals surface area contributed by atoms with E-state index in [-0.39, 0.29) is 12.4 Å². The van der Waals surface area contributed by atoms with Crippen molar-refractivity contribution < 1.29 is 52.4 Å². The van der Waals surface area contributed by atoms with Crippen LogP contribution in [0.2, 0.25) is 5.02 Å². The fourth-order valence-electron chi connectivity index (χ4n) is 4.87. The number of carbonyl (C=O) groups is 5. The van der Waals surface area contributed by atoms with Gasteiger partial charge in [0.25, 0.3) is 0 Å². The molecule has 232 valence electrons. The van der Waals surface area contributed by atoms with Gasteiger partial charge in [-0.05, 0) is 55.2 Å². The second-order valence-corrected chi connectivity index (χ2v) is 10.4. The largest absolute Gasteiger partial charge is 0.493 e. The number of rotatable bonds is 11. The van der Waals surface area contributed by atoms with Crippen LogP contribution in [0.1, 0.15) is 74.7 Å². The highest BCUT2D eigenvalue weighted by atomic mass is 35.5. The molecule has 0 radical (unpaired) electrons. The molecule has 0 bridgehead atoms. The lowest BCUT2D eigenvalue weighted by atomic mass is 9.89. The SMILES string of the molecule is CCOc1ccc(Cc2cc([C@@H]3O[C@H](COC(C)=O)[C@@H](OC(C)=O)[C@H](OC(C)=O)[C@H]3OC(C)=O)ccc2Cl)cc1C(C)=O. The molecule has 1 aliphatic heterocycles. The Balaban J connectivity index is 2.08. The predicted molar refractivity (Wildman–Crippen MR) is 153 cm³/mol. The van der Waals surface area contributed by atoms with Crippen LogP contribution in [0.4, 0.5) is 0 Å². The fourth-order valence-corrected chi connectivity index (χ4v) is 5.05. The Hall–Kier alpha value is -3.96. The number of halogens is 1. The second-order valence-electron chi connectivity index (χ2n) is 9.97. The monoisotopic (exact) mass is 618 g/mol. The van der Waals surface area contributed by atoms with Gasteiger partial charge in [0.1, 0.15) is 24.6 Å². The molecule has 1 aliphatic rings. The summed E-state index contributed by atoms with van der Waals surface area (Å²) >= 11 is 6.58. The van der Waals surface area contributed by atoms with Gasteiger partial charge in [-0.2, -0.15) is 0 Å². The molecule has 43 heavy (non-hydrogen) atoms. The molecule has 1 saturated heterocycles. The molecule has 3 rings (SSSR count). The number of hydrogen-bond donors (Lipinski definition) is 0. The van der Waals surface area contributed by atoms with Crippen LogP contribution in [0.3, 0.4) is 0 Å². The van der Waals surface area contributed by atoms with Gasteiger partial charge < -0.3 is 28.4 Å². The lowest BCUT2D eigenvalue weighted by Crippen LogP contribution is -2.59. The van der Waals surface area contributed by atoms with E-state index in [0.717, 1.165) is 19.4 Å². The summed E-state index contributed by atoms with van der Waals surface area (Å²) in [6.45, 7) is 8.06. The second kappa shape index (κ2) is 15.0. The van der Waals surface area contributed by atoms with Crippen molar-refractivity contribution >= 4 is 41.3 Å². The van der Waals surface area contributed by atoms with Crippen molar-refractivity contribution in [3.63, 3.8) is 0 Å². The number of ketones is 1. The van der Waals surface area contributed by atoms with Gasteiger partial charge in [-0.25, -0.2) is 0 Å². The molecule has 0 spiro atoms. The maximum absolute atomic E-state index is 12.3. The molecule has 12 heteroatoms. The quantitative estimate of drug-likeness (QED) is 0.202. The Morgan fingerprint density at radius 2 is 1.42 bits per heavy atom. The summed E-state index contributed by atoms with van der Waals surface area (Å²) in [6, 6.07) is 10.3. The Labute approximate surface area is 254 Å². The molecule has 0 N–H and O–H groups in total. The third-order valence-electron chi connectivity index (χ3n) is 6.51. The van der Waals surface area contributed by atoms with Crippen LogP contribution in [-0.4, -0.2) is 67.3 Å². The van der Waals surface area contributed by atoms with E-state index in [2.05, 4.69) is 0 Å². The van der Waals surface area contributed by atoms with E-state index >= 15 is 0 Å². The van der Waals surface area contributed by atoms with E-state index in [4.69, 9.17) is 40.0 Å². The minimum atomic E-state index is -1.30. The normalized spacial score (nSPS) is 21.3. The zero-order valence-corrected chi connectivity index (χ0v) is 25.6. The van der Waals surface area contributed by atoms with Crippen LogP contribution in [0.15, 0.2) is 36.4 Å². The highest BCUT2D eigenvalue weighted by molar-refractivity contribution is 6.31. The summed E-state index contributed by atoms with van der Waals surface area (Å²) in [4.78, 5) is 60.3. The van der Waals surface area contributed by atoms with Gasteiger partial charge in [0.05, 0.1) is 12.2 Å². The molecule has 1 fully saturated rings. The van der Waals surface area contributed by atoms with Crippen LogP contribution in [0.5, 0.6) is 5.75 Å². The molecular formula is C31H35ClO11. The van der Waals surface area contributed by atoms with E-state index < -0.39 is 54.4 Å². The van der Waals surface area contributed by atoms with Gasteiger partial charge in [0.2, 0.25) is 0 Å². The van der Waals surface area contributed by atoms with Crippen molar-refractivity contribution in [3.8, 4) is 5.75 Å². The highest BCUT2D eigenvalue weighted by Crippen LogP contribution is 2.39. The zero-order chi connectivity index (χ0) is 31.8. The number of hydrogen-bond acceptors (Lipinski definition) is 11. The number of Topliss-reactive ketones (excluding diaryl/α,β-unsaturated/α-hetero) is 1. The van der Waals surface area contributed by atoms with E-state index in [9.17, 15) is 24.0 Å². The summed E-state index contributed by atoms with van der Waals surface area (Å²) in [5.41, 5.74) is 2.38. The van der Waals surface area contributed by atoms with Crippen LogP contribution >= 0.6 is 11.6 Å². The van der Waals surface area contributed by atoms with Gasteiger partial charge >= 0.3 is 23.9 Å². The molecule has 0 saturated carbocycles. The topological polar surface area (TPSA) is 141 Å². The first-order valence-electron chi connectivity index (χ1n) is 13.7. The standard InChI is InChI=1S/C31H35ClO11/c1-7-38-26-11-8-21(13-24(26)16(2)33)12-23-14-22(9-10-25(23)32)28-30(41-19(5)36)31(42-20(6)37)29(40-18(4)35)27(43-28)15-39-17(3)34/h8-11,13-14,27-31H,7,12,15H2,1-6H3/t27-,28+,29-,30+,31+/m1/s1. The summed E-state index contributed by atoms with van der Waals surface area (Å²) < 4.78 is 33.6.